The summed E-state index contributed by atoms with van der Waals surface area (Å²) < 4.78 is 0. The van der Waals surface area contributed by atoms with Crippen molar-refractivity contribution in [3.05, 3.63) is 59.7 Å². The number of nitrogens with zero attached hydrogens (tertiary/aromatic N) is 1. The largest absolute Gasteiger partial charge is 0.384 e. The number of para-hydroxylation sites is 1. The van der Waals surface area contributed by atoms with Gasteiger partial charge in [-0.2, -0.15) is 0 Å². The van der Waals surface area contributed by atoms with Gasteiger partial charge >= 0.3 is 0 Å². The molecule has 1 amide bonds. The minimum atomic E-state index is 0.00746. The highest BCUT2D eigenvalue weighted by atomic mass is 16.1. The van der Waals surface area contributed by atoms with E-state index >= 15 is 0 Å². The second-order valence-corrected chi connectivity index (χ2v) is 6.83. The molecule has 0 radical (unpaired) electrons. The van der Waals surface area contributed by atoms with Crippen LogP contribution in [0.15, 0.2) is 48.5 Å². The molecular weight excluding hydrogens is 310 g/mol. The second kappa shape index (κ2) is 5.59. The molecule has 25 heavy (non-hydrogen) atoms. The molecule has 1 saturated carbocycles. The summed E-state index contributed by atoms with van der Waals surface area (Å²) in [5.41, 5.74) is 6.05. The normalized spacial score (nSPS) is 15.7. The molecule has 2 aliphatic rings. The number of nitrogens with one attached hydrogen (secondary N) is 2. The third-order valence-electron chi connectivity index (χ3n) is 5.02. The van der Waals surface area contributed by atoms with Crippen LogP contribution in [-0.4, -0.2) is 23.5 Å². The zero-order chi connectivity index (χ0) is 16.8. The molecule has 0 unspecified atom stereocenters. The minimum Gasteiger partial charge on any atom is -0.384 e. The monoisotopic (exact) mass is 329 g/mol. The molecule has 0 atom stereocenters. The Balaban J connectivity index is 1.69. The van der Waals surface area contributed by atoms with Gasteiger partial charge in [0.2, 0.25) is 0 Å². The molecule has 124 valence electrons. The van der Waals surface area contributed by atoms with E-state index in [0.29, 0.717) is 6.04 Å². The Morgan fingerprint density at radius 2 is 2.00 bits per heavy atom. The number of pyridine rings is 1. The lowest BCUT2D eigenvalue weighted by molar-refractivity contribution is 0.0952. The maximum atomic E-state index is 12.8. The summed E-state index contributed by atoms with van der Waals surface area (Å²) in [6.45, 7) is 0.953. The van der Waals surface area contributed by atoms with Gasteiger partial charge in [0.05, 0.1) is 16.8 Å². The lowest BCUT2D eigenvalue weighted by Crippen LogP contribution is -2.25. The molecule has 4 heteroatoms. The van der Waals surface area contributed by atoms with Crippen LogP contribution in [-0.2, 0) is 6.42 Å². The number of hydrogen-bond acceptors (Lipinski definition) is 3. The average Bonchev–Trinajstić information content (AvgIpc) is 3.32. The molecule has 2 N–H and O–H groups in total. The predicted octanol–water partition coefficient (Wildman–Crippen LogP) is 3.76. The summed E-state index contributed by atoms with van der Waals surface area (Å²) in [5, 5.41) is 7.44. The van der Waals surface area contributed by atoms with Crippen molar-refractivity contribution >= 4 is 22.5 Å². The van der Waals surface area contributed by atoms with Gasteiger partial charge in [-0.15, -0.1) is 0 Å². The van der Waals surface area contributed by atoms with E-state index in [-0.39, 0.29) is 5.91 Å². The van der Waals surface area contributed by atoms with Gasteiger partial charge in [-0.25, -0.2) is 4.98 Å². The van der Waals surface area contributed by atoms with Gasteiger partial charge in [0.1, 0.15) is 0 Å². The van der Waals surface area contributed by atoms with Gasteiger partial charge < -0.3 is 10.6 Å². The first-order valence-corrected chi connectivity index (χ1v) is 8.86. The SMILES string of the molecule is O=C(NC1CC1)c1cc(-c2cccc3c2CCN3)nc2ccccc12. The van der Waals surface area contributed by atoms with Crippen molar-refractivity contribution in [1.29, 1.82) is 0 Å². The summed E-state index contributed by atoms with van der Waals surface area (Å²) in [5.74, 6) is 0.00746. The summed E-state index contributed by atoms with van der Waals surface area (Å²) in [6.07, 6.45) is 3.16. The van der Waals surface area contributed by atoms with E-state index in [2.05, 4.69) is 22.8 Å². The van der Waals surface area contributed by atoms with E-state index < -0.39 is 0 Å². The van der Waals surface area contributed by atoms with E-state index in [4.69, 9.17) is 4.98 Å². The quantitative estimate of drug-likeness (QED) is 0.769. The Hall–Kier alpha value is -2.88. The second-order valence-electron chi connectivity index (χ2n) is 6.83. The molecule has 5 rings (SSSR count). The predicted molar refractivity (Wildman–Crippen MR) is 99.9 cm³/mol. The van der Waals surface area contributed by atoms with Gasteiger partial charge in [0.25, 0.3) is 5.91 Å². The molecule has 1 aliphatic carbocycles. The molecule has 1 aliphatic heterocycles. The highest BCUT2D eigenvalue weighted by molar-refractivity contribution is 6.07. The number of benzene rings is 2. The zero-order valence-corrected chi connectivity index (χ0v) is 13.9. The van der Waals surface area contributed by atoms with Gasteiger partial charge in [-0.05, 0) is 43.0 Å². The highest BCUT2D eigenvalue weighted by Crippen LogP contribution is 2.34. The first-order valence-electron chi connectivity index (χ1n) is 8.86. The number of fused-ring (bicyclic) bond motifs is 2. The summed E-state index contributed by atoms with van der Waals surface area (Å²) in [4.78, 5) is 17.6. The Morgan fingerprint density at radius 1 is 1.12 bits per heavy atom. The van der Waals surface area contributed by atoms with Crippen molar-refractivity contribution in [3.8, 4) is 11.3 Å². The molecule has 3 aromatic rings. The Kier molecular flexibility index (Phi) is 3.23. The fourth-order valence-corrected chi connectivity index (χ4v) is 3.58. The topological polar surface area (TPSA) is 54.0 Å². The van der Waals surface area contributed by atoms with E-state index in [9.17, 15) is 4.79 Å². The number of amides is 1. The fraction of sp³-hybridized carbons (Fsp3) is 0.238. The van der Waals surface area contributed by atoms with Crippen molar-refractivity contribution in [1.82, 2.24) is 10.3 Å². The maximum Gasteiger partial charge on any atom is 0.252 e. The number of carbonyl (C=O) groups is 1. The molecule has 0 saturated heterocycles. The fourth-order valence-electron chi connectivity index (χ4n) is 3.58. The molecule has 4 nitrogen and oxygen atoms in total. The Labute approximate surface area is 146 Å². The lowest BCUT2D eigenvalue weighted by atomic mass is 9.98. The average molecular weight is 329 g/mol. The van der Waals surface area contributed by atoms with Crippen LogP contribution in [0.5, 0.6) is 0 Å². The van der Waals surface area contributed by atoms with Crippen LogP contribution in [0.2, 0.25) is 0 Å². The summed E-state index contributed by atoms with van der Waals surface area (Å²) >= 11 is 0. The summed E-state index contributed by atoms with van der Waals surface area (Å²) in [7, 11) is 0. The van der Waals surface area contributed by atoms with Gasteiger partial charge in [0, 0.05) is 29.2 Å². The number of anilines is 1. The molecule has 0 bridgehead atoms. The maximum absolute atomic E-state index is 12.8. The van der Waals surface area contributed by atoms with Crippen LogP contribution in [0, 0.1) is 0 Å². The standard InChI is InChI=1S/C21H19N3O/c25-21(23-13-8-9-13)17-12-20(24-19-6-2-1-4-15(17)19)14-5-3-7-18-16(14)10-11-22-18/h1-7,12-13,22H,8-11H2,(H,23,25). The van der Waals surface area contributed by atoms with Crippen LogP contribution in [0.4, 0.5) is 5.69 Å². The summed E-state index contributed by atoms with van der Waals surface area (Å²) in [6, 6.07) is 16.4. The molecule has 1 fully saturated rings. The van der Waals surface area contributed by atoms with E-state index in [0.717, 1.165) is 53.5 Å². The van der Waals surface area contributed by atoms with Crippen molar-refractivity contribution in [2.24, 2.45) is 0 Å². The molecule has 1 aromatic heterocycles. The Morgan fingerprint density at radius 3 is 2.88 bits per heavy atom. The number of carbonyl (C=O) groups excluding carboxylic acids is 1. The molecule has 2 aromatic carbocycles. The van der Waals surface area contributed by atoms with Crippen LogP contribution in [0.1, 0.15) is 28.8 Å². The van der Waals surface area contributed by atoms with Crippen molar-refractivity contribution in [3.63, 3.8) is 0 Å². The first-order chi connectivity index (χ1) is 12.3. The van der Waals surface area contributed by atoms with Gasteiger partial charge in [-0.3, -0.25) is 4.79 Å². The first kappa shape index (κ1) is 14.5. The smallest absolute Gasteiger partial charge is 0.252 e. The number of aromatic nitrogens is 1. The highest BCUT2D eigenvalue weighted by Gasteiger charge is 2.25. The van der Waals surface area contributed by atoms with Crippen molar-refractivity contribution in [2.45, 2.75) is 25.3 Å². The molecule has 2 heterocycles. The third-order valence-corrected chi connectivity index (χ3v) is 5.02. The van der Waals surface area contributed by atoms with Crippen molar-refractivity contribution < 1.29 is 4.79 Å². The minimum absolute atomic E-state index is 0.00746. The van der Waals surface area contributed by atoms with Crippen molar-refractivity contribution in [2.75, 3.05) is 11.9 Å². The molecule has 0 spiro atoms. The third kappa shape index (κ3) is 2.54. The van der Waals surface area contributed by atoms with Gasteiger partial charge in [-0.1, -0.05) is 30.3 Å². The number of rotatable bonds is 3. The lowest BCUT2D eigenvalue weighted by Gasteiger charge is -2.12. The van der Waals surface area contributed by atoms with Gasteiger partial charge in [0.15, 0.2) is 0 Å². The van der Waals surface area contributed by atoms with E-state index in [1.54, 1.807) is 0 Å². The van der Waals surface area contributed by atoms with Crippen LogP contribution in [0.3, 0.4) is 0 Å². The molecular formula is C21H19N3O. The van der Waals surface area contributed by atoms with E-state index in [1.165, 1.54) is 11.3 Å². The van der Waals surface area contributed by atoms with E-state index in [1.807, 2.05) is 36.4 Å². The van der Waals surface area contributed by atoms with Crippen LogP contribution < -0.4 is 10.6 Å². The van der Waals surface area contributed by atoms with Crippen LogP contribution >= 0.6 is 0 Å². The zero-order valence-electron chi connectivity index (χ0n) is 13.9. The van der Waals surface area contributed by atoms with Crippen LogP contribution in [0.25, 0.3) is 22.2 Å². The Bertz CT molecular complexity index is 992. The number of hydrogen-bond donors (Lipinski definition) is 2.